The molecule has 1 aliphatic rings. The minimum absolute atomic E-state index is 0.0779. The Balaban J connectivity index is 2.42. The van der Waals surface area contributed by atoms with Crippen LogP contribution in [-0.2, 0) is 4.79 Å². The molecule has 1 unspecified atom stereocenters. The quantitative estimate of drug-likeness (QED) is 0.576. The zero-order valence-corrected chi connectivity index (χ0v) is 6.67. The third kappa shape index (κ3) is 1.39. The summed E-state index contributed by atoms with van der Waals surface area (Å²) >= 11 is 11.3. The summed E-state index contributed by atoms with van der Waals surface area (Å²) in [6.07, 6.45) is 1.19. The molecular formula is C6H8Cl2O. The van der Waals surface area contributed by atoms with Crippen molar-refractivity contribution in [2.45, 2.75) is 24.1 Å². The summed E-state index contributed by atoms with van der Waals surface area (Å²) in [6, 6.07) is 0. The predicted molar refractivity (Wildman–Crippen MR) is 37.8 cm³/mol. The topological polar surface area (TPSA) is 17.1 Å². The summed E-state index contributed by atoms with van der Waals surface area (Å²) in [5.74, 6) is 0.103. The molecule has 0 amide bonds. The summed E-state index contributed by atoms with van der Waals surface area (Å²) < 4.78 is -0.715. The minimum Gasteiger partial charge on any atom is -0.299 e. The molecule has 0 heterocycles. The number of hydrogen-bond acceptors (Lipinski definition) is 1. The van der Waals surface area contributed by atoms with Crippen molar-refractivity contribution in [1.29, 1.82) is 0 Å². The Morgan fingerprint density at radius 3 is 2.33 bits per heavy atom. The molecule has 0 N–H and O–H groups in total. The van der Waals surface area contributed by atoms with Crippen molar-refractivity contribution in [2.75, 3.05) is 0 Å². The Hall–Kier alpha value is 0.250. The molecule has 1 atom stereocenters. The van der Waals surface area contributed by atoms with Gasteiger partial charge in [0.05, 0.1) is 5.92 Å². The Bertz CT molecular complexity index is 142. The van der Waals surface area contributed by atoms with Gasteiger partial charge in [0.15, 0.2) is 0 Å². The van der Waals surface area contributed by atoms with Gasteiger partial charge in [0.2, 0.25) is 0 Å². The van der Waals surface area contributed by atoms with Crippen molar-refractivity contribution in [2.24, 2.45) is 5.92 Å². The van der Waals surface area contributed by atoms with E-state index in [-0.39, 0.29) is 11.7 Å². The van der Waals surface area contributed by atoms with Crippen molar-refractivity contribution >= 4 is 29.0 Å². The maximum absolute atomic E-state index is 10.8. The standard InChI is InChI=1S/C6H8Cl2O/c1-2-5(9)4-3-6(4,7)8/h4H,2-3H2,1H3. The van der Waals surface area contributed by atoms with Crippen LogP contribution in [-0.4, -0.2) is 10.1 Å². The smallest absolute Gasteiger partial charge is 0.138 e. The fourth-order valence-electron chi connectivity index (χ4n) is 0.809. The zero-order valence-electron chi connectivity index (χ0n) is 5.16. The van der Waals surface area contributed by atoms with Crippen LogP contribution in [0.5, 0.6) is 0 Å². The van der Waals surface area contributed by atoms with E-state index in [1.807, 2.05) is 6.92 Å². The van der Waals surface area contributed by atoms with E-state index in [4.69, 9.17) is 23.2 Å². The number of ketones is 1. The molecule has 0 bridgehead atoms. The van der Waals surface area contributed by atoms with E-state index in [2.05, 4.69) is 0 Å². The Morgan fingerprint density at radius 2 is 2.22 bits per heavy atom. The lowest BCUT2D eigenvalue weighted by Gasteiger charge is -1.93. The van der Waals surface area contributed by atoms with Crippen molar-refractivity contribution < 1.29 is 4.79 Å². The van der Waals surface area contributed by atoms with Gasteiger partial charge in [-0.2, -0.15) is 0 Å². The largest absolute Gasteiger partial charge is 0.299 e. The summed E-state index contributed by atoms with van der Waals surface area (Å²) in [5, 5.41) is 0. The maximum Gasteiger partial charge on any atom is 0.138 e. The van der Waals surface area contributed by atoms with Gasteiger partial charge in [0.1, 0.15) is 10.1 Å². The molecule has 9 heavy (non-hydrogen) atoms. The van der Waals surface area contributed by atoms with Gasteiger partial charge in [0, 0.05) is 6.42 Å². The van der Waals surface area contributed by atoms with Gasteiger partial charge in [-0.1, -0.05) is 6.92 Å². The highest BCUT2D eigenvalue weighted by Gasteiger charge is 2.55. The minimum atomic E-state index is -0.715. The Kier molecular flexibility index (Phi) is 1.75. The van der Waals surface area contributed by atoms with Crippen LogP contribution in [0.1, 0.15) is 19.8 Å². The van der Waals surface area contributed by atoms with E-state index >= 15 is 0 Å². The van der Waals surface area contributed by atoms with Crippen molar-refractivity contribution in [3.8, 4) is 0 Å². The van der Waals surface area contributed by atoms with Crippen molar-refractivity contribution in [3.05, 3.63) is 0 Å². The summed E-state index contributed by atoms with van der Waals surface area (Å²) in [4.78, 5) is 10.8. The first-order valence-electron chi connectivity index (χ1n) is 2.98. The second kappa shape index (κ2) is 2.14. The van der Waals surface area contributed by atoms with Crippen LogP contribution in [0.3, 0.4) is 0 Å². The molecule has 0 aliphatic heterocycles. The third-order valence-electron chi connectivity index (χ3n) is 1.56. The van der Waals surface area contributed by atoms with Gasteiger partial charge in [-0.3, -0.25) is 4.79 Å². The normalized spacial score (nSPS) is 29.9. The first-order valence-corrected chi connectivity index (χ1v) is 3.74. The molecule has 1 rings (SSSR count). The number of hydrogen-bond donors (Lipinski definition) is 0. The number of alkyl halides is 2. The van der Waals surface area contributed by atoms with E-state index in [1.165, 1.54) is 0 Å². The molecule has 52 valence electrons. The summed E-state index contributed by atoms with van der Waals surface area (Å²) in [6.45, 7) is 1.82. The molecule has 0 spiro atoms. The van der Waals surface area contributed by atoms with Gasteiger partial charge in [-0.15, -0.1) is 23.2 Å². The molecule has 1 saturated carbocycles. The fraction of sp³-hybridized carbons (Fsp3) is 0.833. The highest BCUT2D eigenvalue weighted by molar-refractivity contribution is 6.52. The molecule has 0 aromatic heterocycles. The third-order valence-corrected chi connectivity index (χ3v) is 2.40. The van der Waals surface area contributed by atoms with Gasteiger partial charge >= 0.3 is 0 Å². The van der Waals surface area contributed by atoms with Crippen LogP contribution in [0.15, 0.2) is 0 Å². The van der Waals surface area contributed by atoms with E-state index in [1.54, 1.807) is 0 Å². The van der Waals surface area contributed by atoms with Crippen molar-refractivity contribution in [1.82, 2.24) is 0 Å². The number of Topliss-reactive ketones (excluding diaryl/α,β-unsaturated/α-hetero) is 1. The molecule has 1 nitrogen and oxygen atoms in total. The maximum atomic E-state index is 10.8. The van der Waals surface area contributed by atoms with Crippen molar-refractivity contribution in [3.63, 3.8) is 0 Å². The number of carbonyl (C=O) groups excluding carboxylic acids is 1. The van der Waals surface area contributed by atoms with E-state index in [9.17, 15) is 4.79 Å². The molecule has 0 aromatic carbocycles. The van der Waals surface area contributed by atoms with Crippen LogP contribution in [0.4, 0.5) is 0 Å². The van der Waals surface area contributed by atoms with E-state index in [0.29, 0.717) is 12.8 Å². The molecule has 3 heteroatoms. The van der Waals surface area contributed by atoms with Crippen LogP contribution >= 0.6 is 23.2 Å². The number of carbonyl (C=O) groups is 1. The summed E-state index contributed by atoms with van der Waals surface area (Å²) in [7, 11) is 0. The molecule has 0 aromatic rings. The molecule has 0 saturated heterocycles. The molecular weight excluding hydrogens is 159 g/mol. The lowest BCUT2D eigenvalue weighted by atomic mass is 10.2. The first kappa shape index (κ1) is 7.36. The highest BCUT2D eigenvalue weighted by Crippen LogP contribution is 2.53. The number of halogens is 2. The Morgan fingerprint density at radius 1 is 1.78 bits per heavy atom. The second-order valence-electron chi connectivity index (χ2n) is 2.34. The average molecular weight is 167 g/mol. The molecule has 0 radical (unpaired) electrons. The molecule has 1 fully saturated rings. The first-order chi connectivity index (χ1) is 4.08. The monoisotopic (exact) mass is 166 g/mol. The lowest BCUT2D eigenvalue weighted by molar-refractivity contribution is -0.119. The van der Waals surface area contributed by atoms with Crippen LogP contribution in [0, 0.1) is 5.92 Å². The van der Waals surface area contributed by atoms with Crippen LogP contribution in [0.25, 0.3) is 0 Å². The molecule has 1 aliphatic carbocycles. The highest BCUT2D eigenvalue weighted by atomic mass is 35.5. The average Bonchev–Trinajstić information content (AvgIpc) is 2.38. The fourth-order valence-corrected chi connectivity index (χ4v) is 1.36. The van der Waals surface area contributed by atoms with Crippen LogP contribution < -0.4 is 0 Å². The Labute approximate surface area is 64.3 Å². The van der Waals surface area contributed by atoms with Gasteiger partial charge in [-0.05, 0) is 6.42 Å². The zero-order chi connectivity index (χ0) is 7.07. The second-order valence-corrected chi connectivity index (χ2v) is 3.88. The predicted octanol–water partition coefficient (Wildman–Crippen LogP) is 2.16. The van der Waals surface area contributed by atoms with Gasteiger partial charge in [0.25, 0.3) is 0 Å². The number of rotatable bonds is 2. The van der Waals surface area contributed by atoms with Gasteiger partial charge in [-0.25, -0.2) is 0 Å². The van der Waals surface area contributed by atoms with E-state index < -0.39 is 4.33 Å². The SMILES string of the molecule is CCC(=O)C1CC1(Cl)Cl. The van der Waals surface area contributed by atoms with Crippen LogP contribution in [0.2, 0.25) is 0 Å². The van der Waals surface area contributed by atoms with E-state index in [0.717, 1.165) is 0 Å². The lowest BCUT2D eigenvalue weighted by Crippen LogP contribution is -2.03. The summed E-state index contributed by atoms with van der Waals surface area (Å²) in [5.41, 5.74) is 0. The van der Waals surface area contributed by atoms with Gasteiger partial charge < -0.3 is 0 Å².